The molecular formula is C20H28N2O6. The van der Waals surface area contributed by atoms with Gasteiger partial charge in [0.1, 0.15) is 6.04 Å². The van der Waals surface area contributed by atoms with E-state index in [4.69, 9.17) is 4.74 Å². The second kappa shape index (κ2) is 11.7. The lowest BCUT2D eigenvalue weighted by Gasteiger charge is -2.21. The standard InChI is InChI=1S/C20H28N2O6/c1-4-28-18(25)12-13(2)19(20(26)27)22-17(24)11-10-16(23)21-14(3)15-8-6-5-7-9-15/h5-9,13-14,19H,4,10-12H2,1-3H3,(H,21,23)(H,22,24)(H,26,27)/t13-,14+,19+/m0/s1. The molecule has 2 amide bonds. The maximum absolute atomic E-state index is 12.1. The zero-order valence-corrected chi connectivity index (χ0v) is 16.4. The quantitative estimate of drug-likeness (QED) is 0.494. The average Bonchev–Trinajstić information content (AvgIpc) is 2.64. The van der Waals surface area contributed by atoms with E-state index in [0.717, 1.165) is 5.56 Å². The van der Waals surface area contributed by atoms with Gasteiger partial charge in [0, 0.05) is 12.8 Å². The number of hydrogen-bond donors (Lipinski definition) is 3. The van der Waals surface area contributed by atoms with Crippen LogP contribution in [0.1, 0.15) is 51.6 Å². The highest BCUT2D eigenvalue weighted by atomic mass is 16.5. The van der Waals surface area contributed by atoms with Crippen molar-refractivity contribution in [3.8, 4) is 0 Å². The van der Waals surface area contributed by atoms with E-state index in [-0.39, 0.29) is 37.8 Å². The number of benzene rings is 1. The molecule has 0 aliphatic carbocycles. The van der Waals surface area contributed by atoms with Crippen LogP contribution < -0.4 is 10.6 Å². The predicted octanol–water partition coefficient (Wildman–Crippen LogP) is 1.80. The molecule has 8 heteroatoms. The molecule has 3 N–H and O–H groups in total. The number of carboxylic acids is 1. The Bertz CT molecular complexity index is 677. The second-order valence-corrected chi connectivity index (χ2v) is 6.57. The van der Waals surface area contributed by atoms with Gasteiger partial charge in [-0.2, -0.15) is 0 Å². The lowest BCUT2D eigenvalue weighted by atomic mass is 9.98. The Kier molecular flexibility index (Phi) is 9.70. The fourth-order valence-electron chi connectivity index (χ4n) is 2.66. The molecule has 0 unspecified atom stereocenters. The molecule has 0 radical (unpaired) electrons. The summed E-state index contributed by atoms with van der Waals surface area (Å²) in [7, 11) is 0. The number of carbonyl (C=O) groups excluding carboxylic acids is 3. The van der Waals surface area contributed by atoms with E-state index in [0.29, 0.717) is 0 Å². The molecule has 0 saturated heterocycles. The summed E-state index contributed by atoms with van der Waals surface area (Å²) in [4.78, 5) is 47.0. The van der Waals surface area contributed by atoms with Gasteiger partial charge in [0.05, 0.1) is 19.1 Å². The molecule has 0 spiro atoms. The molecule has 0 aliphatic heterocycles. The van der Waals surface area contributed by atoms with Crippen molar-refractivity contribution in [2.45, 2.75) is 52.1 Å². The van der Waals surface area contributed by atoms with Gasteiger partial charge in [0.15, 0.2) is 0 Å². The van der Waals surface area contributed by atoms with E-state index in [2.05, 4.69) is 10.6 Å². The van der Waals surface area contributed by atoms with Crippen LogP contribution in [0.5, 0.6) is 0 Å². The number of esters is 1. The van der Waals surface area contributed by atoms with Gasteiger partial charge in [-0.3, -0.25) is 14.4 Å². The number of carbonyl (C=O) groups is 4. The van der Waals surface area contributed by atoms with Gasteiger partial charge in [0.2, 0.25) is 11.8 Å². The largest absolute Gasteiger partial charge is 0.480 e. The van der Waals surface area contributed by atoms with Crippen molar-refractivity contribution >= 4 is 23.8 Å². The summed E-state index contributed by atoms with van der Waals surface area (Å²) in [5, 5.41) is 14.5. The molecule has 1 rings (SSSR count). The summed E-state index contributed by atoms with van der Waals surface area (Å²) in [6.07, 6.45) is -0.342. The van der Waals surface area contributed by atoms with E-state index in [1.807, 2.05) is 37.3 Å². The Morgan fingerprint density at radius 1 is 1.00 bits per heavy atom. The fraction of sp³-hybridized carbons (Fsp3) is 0.500. The monoisotopic (exact) mass is 392 g/mol. The number of nitrogens with one attached hydrogen (secondary N) is 2. The van der Waals surface area contributed by atoms with Gasteiger partial charge in [-0.1, -0.05) is 37.3 Å². The highest BCUT2D eigenvalue weighted by Crippen LogP contribution is 2.12. The maximum atomic E-state index is 12.1. The van der Waals surface area contributed by atoms with Crippen molar-refractivity contribution in [3.05, 3.63) is 35.9 Å². The van der Waals surface area contributed by atoms with Crippen LogP contribution in [0.25, 0.3) is 0 Å². The predicted molar refractivity (Wildman–Crippen MR) is 102 cm³/mol. The van der Waals surface area contributed by atoms with Gasteiger partial charge in [-0.15, -0.1) is 0 Å². The number of carboxylic acid groups (broad SMARTS) is 1. The summed E-state index contributed by atoms with van der Waals surface area (Å²) in [6.45, 7) is 5.24. The SMILES string of the molecule is CCOC(=O)C[C@H](C)[C@@H](NC(=O)CCC(=O)N[C@H](C)c1ccccc1)C(=O)O. The van der Waals surface area contributed by atoms with Crippen molar-refractivity contribution in [1.82, 2.24) is 10.6 Å². The summed E-state index contributed by atoms with van der Waals surface area (Å²) in [5.41, 5.74) is 0.944. The minimum absolute atomic E-state index is 0.0679. The van der Waals surface area contributed by atoms with Crippen LogP contribution in [-0.2, 0) is 23.9 Å². The number of hydrogen-bond acceptors (Lipinski definition) is 5. The van der Waals surface area contributed by atoms with Crippen LogP contribution in [0.4, 0.5) is 0 Å². The Morgan fingerprint density at radius 3 is 2.11 bits per heavy atom. The number of ether oxygens (including phenoxy) is 1. The first-order chi connectivity index (χ1) is 13.2. The van der Waals surface area contributed by atoms with E-state index >= 15 is 0 Å². The molecule has 3 atom stereocenters. The van der Waals surface area contributed by atoms with E-state index < -0.39 is 29.8 Å². The summed E-state index contributed by atoms with van der Waals surface area (Å²) < 4.78 is 4.80. The highest BCUT2D eigenvalue weighted by Gasteiger charge is 2.28. The number of amides is 2. The first kappa shape index (κ1) is 23.1. The molecule has 8 nitrogen and oxygen atoms in total. The van der Waals surface area contributed by atoms with E-state index in [1.54, 1.807) is 13.8 Å². The Labute approximate surface area is 164 Å². The lowest BCUT2D eigenvalue weighted by molar-refractivity contribution is -0.147. The smallest absolute Gasteiger partial charge is 0.326 e. The normalized spacial score (nSPS) is 13.7. The zero-order valence-electron chi connectivity index (χ0n) is 16.4. The molecule has 0 heterocycles. The average molecular weight is 392 g/mol. The van der Waals surface area contributed by atoms with Crippen molar-refractivity contribution < 1.29 is 29.0 Å². The minimum Gasteiger partial charge on any atom is -0.480 e. The van der Waals surface area contributed by atoms with E-state index in [1.165, 1.54) is 0 Å². The summed E-state index contributed by atoms with van der Waals surface area (Å²) >= 11 is 0. The number of aliphatic carboxylic acids is 1. The van der Waals surface area contributed by atoms with Crippen LogP contribution in [-0.4, -0.2) is 41.5 Å². The number of rotatable bonds is 11. The Balaban J connectivity index is 2.48. The lowest BCUT2D eigenvalue weighted by Crippen LogP contribution is -2.46. The summed E-state index contributed by atoms with van der Waals surface area (Å²) in [6, 6.07) is 7.96. The highest BCUT2D eigenvalue weighted by molar-refractivity contribution is 5.87. The van der Waals surface area contributed by atoms with Gasteiger partial charge in [-0.25, -0.2) is 4.79 Å². The molecule has 1 aromatic rings. The molecule has 154 valence electrons. The fourth-order valence-corrected chi connectivity index (χ4v) is 2.66. The first-order valence-corrected chi connectivity index (χ1v) is 9.26. The molecule has 0 fully saturated rings. The maximum Gasteiger partial charge on any atom is 0.326 e. The second-order valence-electron chi connectivity index (χ2n) is 6.57. The molecule has 0 bridgehead atoms. The van der Waals surface area contributed by atoms with Crippen LogP contribution in [0.15, 0.2) is 30.3 Å². The van der Waals surface area contributed by atoms with Gasteiger partial charge < -0.3 is 20.5 Å². The molecule has 28 heavy (non-hydrogen) atoms. The molecular weight excluding hydrogens is 364 g/mol. The van der Waals surface area contributed by atoms with Gasteiger partial charge in [0.25, 0.3) is 0 Å². The van der Waals surface area contributed by atoms with Crippen molar-refractivity contribution in [3.63, 3.8) is 0 Å². The van der Waals surface area contributed by atoms with Crippen molar-refractivity contribution in [2.75, 3.05) is 6.61 Å². The molecule has 0 aromatic heterocycles. The zero-order chi connectivity index (χ0) is 21.1. The van der Waals surface area contributed by atoms with Crippen LogP contribution in [0, 0.1) is 5.92 Å². The third-order valence-electron chi connectivity index (χ3n) is 4.20. The van der Waals surface area contributed by atoms with Gasteiger partial charge in [-0.05, 0) is 25.3 Å². The first-order valence-electron chi connectivity index (χ1n) is 9.26. The van der Waals surface area contributed by atoms with Crippen LogP contribution in [0.3, 0.4) is 0 Å². The van der Waals surface area contributed by atoms with Crippen molar-refractivity contribution in [2.24, 2.45) is 5.92 Å². The van der Waals surface area contributed by atoms with Crippen molar-refractivity contribution in [1.29, 1.82) is 0 Å². The summed E-state index contributed by atoms with van der Waals surface area (Å²) in [5.74, 6) is -3.28. The van der Waals surface area contributed by atoms with E-state index in [9.17, 15) is 24.3 Å². The Hall–Kier alpha value is -2.90. The topological polar surface area (TPSA) is 122 Å². The van der Waals surface area contributed by atoms with Crippen LogP contribution >= 0.6 is 0 Å². The molecule has 0 aliphatic rings. The third kappa shape index (κ3) is 8.20. The van der Waals surface area contributed by atoms with Crippen LogP contribution in [0.2, 0.25) is 0 Å². The third-order valence-corrected chi connectivity index (χ3v) is 4.20. The molecule has 0 saturated carbocycles. The Morgan fingerprint density at radius 2 is 1.57 bits per heavy atom. The van der Waals surface area contributed by atoms with Gasteiger partial charge >= 0.3 is 11.9 Å². The molecule has 1 aromatic carbocycles. The minimum atomic E-state index is -1.24.